The Hall–Kier alpha value is -1.13. The van der Waals surface area contributed by atoms with Gasteiger partial charge in [-0.1, -0.05) is 23.5 Å². The van der Waals surface area contributed by atoms with Gasteiger partial charge in [-0.3, -0.25) is 0 Å². The van der Waals surface area contributed by atoms with Crippen molar-refractivity contribution in [3.8, 4) is 0 Å². The fraction of sp³-hybridized carbons (Fsp3) is 0.500. The number of anilines is 1. The van der Waals surface area contributed by atoms with Gasteiger partial charge in [0.15, 0.2) is 5.13 Å². The van der Waals surface area contributed by atoms with Gasteiger partial charge in [0.05, 0.1) is 10.2 Å². The average Bonchev–Trinajstić information content (AvgIpc) is 2.82. The molecule has 0 bridgehead atoms. The summed E-state index contributed by atoms with van der Waals surface area (Å²) in [6.45, 7) is 4.05. The number of hydrogen-bond donors (Lipinski definition) is 1. The summed E-state index contributed by atoms with van der Waals surface area (Å²) >= 11 is 1.74. The fourth-order valence-corrected chi connectivity index (χ4v) is 3.42. The van der Waals surface area contributed by atoms with Crippen molar-refractivity contribution in [2.75, 3.05) is 18.5 Å². The minimum absolute atomic E-state index is 0.467. The van der Waals surface area contributed by atoms with Gasteiger partial charge in [0.25, 0.3) is 0 Å². The Kier molecular flexibility index (Phi) is 3.48. The second-order valence-electron chi connectivity index (χ2n) is 4.87. The number of hydrogen-bond acceptors (Lipinski definition) is 4. The summed E-state index contributed by atoms with van der Waals surface area (Å²) in [4.78, 5) is 4.62. The largest absolute Gasteiger partial charge is 0.381 e. The van der Waals surface area contributed by atoms with E-state index in [2.05, 4.69) is 35.4 Å². The lowest BCUT2D eigenvalue weighted by molar-refractivity contribution is 0.0622. The Morgan fingerprint density at radius 2 is 2.11 bits per heavy atom. The fourth-order valence-electron chi connectivity index (χ4n) is 2.46. The third-order valence-corrected chi connectivity index (χ3v) is 4.59. The summed E-state index contributed by atoms with van der Waals surface area (Å²) in [5.74, 6) is 0.700. The van der Waals surface area contributed by atoms with Crippen LogP contribution < -0.4 is 5.32 Å². The molecule has 1 unspecified atom stereocenters. The van der Waals surface area contributed by atoms with Gasteiger partial charge >= 0.3 is 0 Å². The summed E-state index contributed by atoms with van der Waals surface area (Å²) in [6, 6.07) is 8.75. The van der Waals surface area contributed by atoms with Gasteiger partial charge in [-0.25, -0.2) is 4.98 Å². The van der Waals surface area contributed by atoms with E-state index in [1.54, 1.807) is 11.3 Å². The molecule has 3 rings (SSSR count). The number of rotatable bonds is 3. The zero-order valence-electron chi connectivity index (χ0n) is 10.6. The first-order valence-electron chi connectivity index (χ1n) is 6.53. The maximum atomic E-state index is 5.41. The normalized spacial score (nSPS) is 18.9. The first-order chi connectivity index (χ1) is 8.83. The quantitative estimate of drug-likeness (QED) is 0.919. The molecule has 96 valence electrons. The highest BCUT2D eigenvalue weighted by molar-refractivity contribution is 7.22. The number of nitrogens with zero attached hydrogens (tertiary/aromatic N) is 1. The van der Waals surface area contributed by atoms with E-state index in [0.717, 1.165) is 36.7 Å². The van der Waals surface area contributed by atoms with Gasteiger partial charge < -0.3 is 10.1 Å². The molecule has 1 aromatic carbocycles. The van der Waals surface area contributed by atoms with Gasteiger partial charge in [0.2, 0.25) is 0 Å². The molecule has 1 saturated heterocycles. The Balaban J connectivity index is 1.71. The van der Waals surface area contributed by atoms with Crippen molar-refractivity contribution in [3.05, 3.63) is 24.3 Å². The molecule has 1 N–H and O–H groups in total. The van der Waals surface area contributed by atoms with Crippen molar-refractivity contribution in [2.45, 2.75) is 25.8 Å². The van der Waals surface area contributed by atoms with Crippen LogP contribution in [0.1, 0.15) is 19.8 Å². The van der Waals surface area contributed by atoms with Gasteiger partial charge in [-0.2, -0.15) is 0 Å². The van der Waals surface area contributed by atoms with Crippen LogP contribution in [0, 0.1) is 5.92 Å². The minimum Gasteiger partial charge on any atom is -0.381 e. The molecule has 1 atom stereocenters. The lowest BCUT2D eigenvalue weighted by Crippen LogP contribution is -2.30. The summed E-state index contributed by atoms with van der Waals surface area (Å²) in [5, 5.41) is 4.59. The zero-order chi connectivity index (χ0) is 12.4. The highest BCUT2D eigenvalue weighted by atomic mass is 32.1. The van der Waals surface area contributed by atoms with Crippen LogP contribution in [0.15, 0.2) is 24.3 Å². The van der Waals surface area contributed by atoms with Crippen molar-refractivity contribution in [2.24, 2.45) is 5.92 Å². The van der Waals surface area contributed by atoms with Gasteiger partial charge in [-0.15, -0.1) is 0 Å². The van der Waals surface area contributed by atoms with Crippen molar-refractivity contribution in [3.63, 3.8) is 0 Å². The lowest BCUT2D eigenvalue weighted by atomic mass is 9.93. The summed E-state index contributed by atoms with van der Waals surface area (Å²) < 4.78 is 6.66. The molecule has 1 fully saturated rings. The number of thiazole rings is 1. The molecule has 0 saturated carbocycles. The van der Waals surface area contributed by atoms with Gasteiger partial charge in [0, 0.05) is 19.3 Å². The molecule has 3 nitrogen and oxygen atoms in total. The number of aromatic nitrogens is 1. The Morgan fingerprint density at radius 3 is 2.89 bits per heavy atom. The number of nitrogens with one attached hydrogen (secondary N) is 1. The number of fused-ring (bicyclic) bond motifs is 1. The number of para-hydroxylation sites is 1. The van der Waals surface area contributed by atoms with Crippen LogP contribution in [0.4, 0.5) is 5.13 Å². The van der Waals surface area contributed by atoms with Gasteiger partial charge in [0.1, 0.15) is 0 Å². The molecule has 1 aliphatic heterocycles. The molecular formula is C14H18N2OS. The Labute approximate surface area is 111 Å². The highest BCUT2D eigenvalue weighted by Crippen LogP contribution is 2.28. The minimum atomic E-state index is 0.467. The smallest absolute Gasteiger partial charge is 0.184 e. The molecule has 0 aliphatic carbocycles. The van der Waals surface area contributed by atoms with E-state index in [1.807, 2.05) is 6.07 Å². The van der Waals surface area contributed by atoms with Gasteiger partial charge in [-0.05, 0) is 37.8 Å². The predicted octanol–water partition coefficient (Wildman–Crippen LogP) is 3.52. The van der Waals surface area contributed by atoms with Crippen molar-refractivity contribution < 1.29 is 4.74 Å². The van der Waals surface area contributed by atoms with E-state index in [1.165, 1.54) is 4.70 Å². The zero-order valence-corrected chi connectivity index (χ0v) is 11.4. The predicted molar refractivity (Wildman–Crippen MR) is 76.2 cm³/mol. The van der Waals surface area contributed by atoms with Crippen LogP contribution in [0.2, 0.25) is 0 Å². The third-order valence-electron chi connectivity index (χ3n) is 3.62. The van der Waals surface area contributed by atoms with E-state index >= 15 is 0 Å². The van der Waals surface area contributed by atoms with Crippen LogP contribution in [-0.2, 0) is 4.74 Å². The van der Waals surface area contributed by atoms with Crippen LogP contribution in [-0.4, -0.2) is 24.2 Å². The van der Waals surface area contributed by atoms with Crippen LogP contribution in [0.3, 0.4) is 0 Å². The van der Waals surface area contributed by atoms with E-state index in [9.17, 15) is 0 Å². The summed E-state index contributed by atoms with van der Waals surface area (Å²) in [6.07, 6.45) is 2.30. The summed E-state index contributed by atoms with van der Waals surface area (Å²) in [5.41, 5.74) is 1.09. The van der Waals surface area contributed by atoms with Crippen LogP contribution in [0.5, 0.6) is 0 Å². The number of benzene rings is 1. The summed E-state index contributed by atoms with van der Waals surface area (Å²) in [7, 11) is 0. The first-order valence-corrected chi connectivity index (χ1v) is 7.34. The second-order valence-corrected chi connectivity index (χ2v) is 5.90. The molecule has 0 spiro atoms. The monoisotopic (exact) mass is 262 g/mol. The molecule has 18 heavy (non-hydrogen) atoms. The highest BCUT2D eigenvalue weighted by Gasteiger charge is 2.21. The Bertz CT molecular complexity index is 486. The lowest BCUT2D eigenvalue weighted by Gasteiger charge is -2.28. The third kappa shape index (κ3) is 2.49. The van der Waals surface area contributed by atoms with Crippen LogP contribution >= 0.6 is 11.3 Å². The SMILES string of the molecule is CC(Nc1nc2ccccc2s1)C1CCOCC1. The van der Waals surface area contributed by atoms with E-state index in [0.29, 0.717) is 12.0 Å². The molecule has 2 heterocycles. The van der Waals surface area contributed by atoms with E-state index in [-0.39, 0.29) is 0 Å². The van der Waals surface area contributed by atoms with Crippen molar-refractivity contribution in [1.82, 2.24) is 4.98 Å². The number of ether oxygens (including phenoxy) is 1. The molecule has 0 amide bonds. The molecule has 1 aromatic heterocycles. The average molecular weight is 262 g/mol. The topological polar surface area (TPSA) is 34.2 Å². The first kappa shape index (κ1) is 11.9. The van der Waals surface area contributed by atoms with E-state index in [4.69, 9.17) is 4.74 Å². The molecule has 2 aromatic rings. The molecule has 4 heteroatoms. The second kappa shape index (κ2) is 5.24. The van der Waals surface area contributed by atoms with Crippen LogP contribution in [0.25, 0.3) is 10.2 Å². The maximum absolute atomic E-state index is 5.41. The van der Waals surface area contributed by atoms with Crippen molar-refractivity contribution in [1.29, 1.82) is 0 Å². The molecular weight excluding hydrogens is 244 g/mol. The van der Waals surface area contributed by atoms with Crippen molar-refractivity contribution >= 4 is 26.7 Å². The molecule has 1 aliphatic rings. The standard InChI is InChI=1S/C14H18N2OS/c1-10(11-6-8-17-9-7-11)15-14-16-12-4-2-3-5-13(12)18-14/h2-5,10-11H,6-9H2,1H3,(H,15,16). The maximum Gasteiger partial charge on any atom is 0.184 e. The Morgan fingerprint density at radius 1 is 1.33 bits per heavy atom. The molecule has 0 radical (unpaired) electrons. The van der Waals surface area contributed by atoms with E-state index < -0.39 is 0 Å².